The Morgan fingerprint density at radius 1 is 0.972 bits per heavy atom. The van der Waals surface area contributed by atoms with Crippen LogP contribution in [0.5, 0.6) is 0 Å². The Balaban J connectivity index is 1.32. The summed E-state index contributed by atoms with van der Waals surface area (Å²) in [4.78, 5) is 0. The Morgan fingerprint density at radius 2 is 1.81 bits per heavy atom. The highest BCUT2D eigenvalue weighted by atomic mass is 35.5. The Morgan fingerprint density at radius 3 is 2.53 bits per heavy atom. The maximum Gasteiger partial charge on any atom is 0.157 e. The summed E-state index contributed by atoms with van der Waals surface area (Å²) in [5.74, 6) is 5.61. The maximum absolute atomic E-state index is 6.77. The predicted octanol–water partition coefficient (Wildman–Crippen LogP) is 9.55. The van der Waals surface area contributed by atoms with Crippen LogP contribution in [-0.2, 0) is 9.47 Å². The van der Waals surface area contributed by atoms with E-state index < -0.39 is 0 Å². The first-order valence-corrected chi connectivity index (χ1v) is 16.3. The van der Waals surface area contributed by atoms with E-state index in [4.69, 9.17) is 21.1 Å². The van der Waals surface area contributed by atoms with Gasteiger partial charge in [0.05, 0.1) is 6.10 Å². The molecule has 0 radical (unpaired) electrons. The Hall–Kier alpha value is -0.0500. The molecule has 1 aliphatic heterocycles. The summed E-state index contributed by atoms with van der Waals surface area (Å²) in [7, 11) is 0. The summed E-state index contributed by atoms with van der Waals surface area (Å²) in [6.45, 7) is 13.6. The number of hydrogen-bond acceptors (Lipinski definition) is 2. The van der Waals surface area contributed by atoms with Crippen molar-refractivity contribution in [1.82, 2.24) is 0 Å². The number of rotatable bonds is 8. The van der Waals surface area contributed by atoms with Gasteiger partial charge in [-0.25, -0.2) is 0 Å². The van der Waals surface area contributed by atoms with Gasteiger partial charge in [-0.3, -0.25) is 0 Å². The summed E-state index contributed by atoms with van der Waals surface area (Å²) in [5.41, 5.74) is 4.49. The van der Waals surface area contributed by atoms with E-state index in [1.54, 1.807) is 5.57 Å². The molecular weight excluding hydrogens is 464 g/mol. The molecule has 2 saturated carbocycles. The molecule has 5 rings (SSSR count). The van der Waals surface area contributed by atoms with Gasteiger partial charge in [-0.2, -0.15) is 0 Å². The second-order valence-corrected chi connectivity index (χ2v) is 14.9. The normalized spacial score (nSPS) is 43.8. The number of hydrogen-bond donors (Lipinski definition) is 0. The minimum absolute atomic E-state index is 0.0301. The average Bonchev–Trinajstić information content (AvgIpc) is 3.22. The van der Waals surface area contributed by atoms with Crippen molar-refractivity contribution in [2.45, 2.75) is 137 Å². The topological polar surface area (TPSA) is 18.5 Å². The van der Waals surface area contributed by atoms with E-state index in [-0.39, 0.29) is 6.29 Å². The van der Waals surface area contributed by atoms with Crippen LogP contribution in [0.15, 0.2) is 11.1 Å². The SMILES string of the molecule is CC(C)CCC[C@@H](C)[C@H]1CC[C@H]2[C@]3(C)CC(CCl)C4=C(CC[C@H](OC5CCCCO5)C4)[C@H]3CC[C@@]21C. The number of alkyl halides is 1. The molecule has 36 heavy (non-hydrogen) atoms. The van der Waals surface area contributed by atoms with Gasteiger partial charge < -0.3 is 9.47 Å². The van der Waals surface area contributed by atoms with Gasteiger partial charge in [0.1, 0.15) is 0 Å². The fourth-order valence-corrected chi connectivity index (χ4v) is 10.6. The molecule has 0 N–H and O–H groups in total. The summed E-state index contributed by atoms with van der Waals surface area (Å²) >= 11 is 6.77. The first-order valence-electron chi connectivity index (χ1n) is 15.8. The monoisotopic (exact) mass is 518 g/mol. The Bertz CT molecular complexity index is 785. The van der Waals surface area contributed by atoms with Gasteiger partial charge in [0.2, 0.25) is 0 Å². The van der Waals surface area contributed by atoms with Crippen LogP contribution in [0.4, 0.5) is 0 Å². The standard InChI is InChI=1S/C33H55ClO2/c1-22(2)9-8-10-23(3)28-14-15-30-32(28,4)17-16-29-26-13-12-25(36-31-11-6-7-18-35-31)19-27(26)24(21-34)20-33(29,30)5/h22-25,28-31H,6-21H2,1-5H3/t23-,24?,25+,28-,29-,30-,31?,32-,33-/m1/s1. The lowest BCUT2D eigenvalue weighted by molar-refractivity contribution is -0.190. The third kappa shape index (κ3) is 5.11. The first-order chi connectivity index (χ1) is 17.3. The van der Waals surface area contributed by atoms with Gasteiger partial charge >= 0.3 is 0 Å². The molecule has 0 aromatic rings. The van der Waals surface area contributed by atoms with Gasteiger partial charge in [-0.15, -0.1) is 11.6 Å². The van der Waals surface area contributed by atoms with Crippen LogP contribution in [-0.4, -0.2) is 24.9 Å². The second-order valence-electron chi connectivity index (χ2n) is 14.5. The zero-order chi connectivity index (χ0) is 25.5. The van der Waals surface area contributed by atoms with E-state index in [2.05, 4.69) is 34.6 Å². The smallest absolute Gasteiger partial charge is 0.157 e. The summed E-state index contributed by atoms with van der Waals surface area (Å²) < 4.78 is 12.4. The molecule has 1 saturated heterocycles. The molecule has 3 heteroatoms. The van der Waals surface area contributed by atoms with E-state index in [0.29, 0.717) is 22.9 Å². The molecule has 0 aromatic carbocycles. The zero-order valence-electron chi connectivity index (χ0n) is 24.1. The lowest BCUT2D eigenvalue weighted by Crippen LogP contribution is -2.53. The number of ether oxygens (including phenoxy) is 2. The van der Waals surface area contributed by atoms with Crippen molar-refractivity contribution in [1.29, 1.82) is 0 Å². The highest BCUT2D eigenvalue weighted by molar-refractivity contribution is 6.18. The number of halogens is 1. The Labute approximate surface area is 227 Å². The fourth-order valence-electron chi connectivity index (χ4n) is 10.3. The molecule has 206 valence electrons. The second kappa shape index (κ2) is 11.2. The van der Waals surface area contributed by atoms with E-state index >= 15 is 0 Å². The van der Waals surface area contributed by atoms with Crippen molar-refractivity contribution < 1.29 is 9.47 Å². The molecular formula is C33H55ClO2. The summed E-state index contributed by atoms with van der Waals surface area (Å²) in [6.07, 6.45) is 18.7. The molecule has 0 aromatic heterocycles. The lowest BCUT2D eigenvalue weighted by atomic mass is 9.44. The van der Waals surface area contributed by atoms with Crippen molar-refractivity contribution in [3.63, 3.8) is 0 Å². The largest absolute Gasteiger partial charge is 0.353 e. The van der Waals surface area contributed by atoms with Crippen LogP contribution in [0.25, 0.3) is 0 Å². The van der Waals surface area contributed by atoms with Crippen molar-refractivity contribution >= 4 is 11.6 Å². The average molecular weight is 519 g/mol. The lowest BCUT2D eigenvalue weighted by Gasteiger charge is -2.60. The molecule has 2 nitrogen and oxygen atoms in total. The van der Waals surface area contributed by atoms with Crippen LogP contribution < -0.4 is 0 Å². The van der Waals surface area contributed by atoms with Crippen molar-refractivity contribution in [3.8, 4) is 0 Å². The highest BCUT2D eigenvalue weighted by Gasteiger charge is 2.62. The minimum atomic E-state index is 0.0301. The number of allylic oxidation sites excluding steroid dienone is 1. The Kier molecular flexibility index (Phi) is 8.57. The molecule has 4 aliphatic carbocycles. The summed E-state index contributed by atoms with van der Waals surface area (Å²) in [6, 6.07) is 0. The van der Waals surface area contributed by atoms with Crippen LogP contribution >= 0.6 is 11.6 Å². The molecule has 0 spiro atoms. The molecule has 0 bridgehead atoms. The van der Waals surface area contributed by atoms with Crippen molar-refractivity contribution in [2.24, 2.45) is 46.3 Å². The van der Waals surface area contributed by atoms with E-state index in [1.807, 2.05) is 5.57 Å². The van der Waals surface area contributed by atoms with Crippen molar-refractivity contribution in [2.75, 3.05) is 12.5 Å². The first kappa shape index (κ1) is 27.5. The molecule has 1 heterocycles. The highest BCUT2D eigenvalue weighted by Crippen LogP contribution is 2.70. The van der Waals surface area contributed by atoms with E-state index in [1.165, 1.54) is 77.0 Å². The molecule has 0 amide bonds. The van der Waals surface area contributed by atoms with Gasteiger partial charge in [0.25, 0.3) is 0 Å². The molecule has 3 fully saturated rings. The molecule has 2 unspecified atom stereocenters. The third-order valence-corrected chi connectivity index (χ3v) is 12.3. The minimum Gasteiger partial charge on any atom is -0.353 e. The van der Waals surface area contributed by atoms with Crippen LogP contribution in [0, 0.1) is 46.3 Å². The van der Waals surface area contributed by atoms with Crippen molar-refractivity contribution in [3.05, 3.63) is 11.1 Å². The molecule has 9 atom stereocenters. The van der Waals surface area contributed by atoms with Gasteiger partial charge in [-0.05, 0) is 117 Å². The van der Waals surface area contributed by atoms with Crippen LogP contribution in [0.3, 0.4) is 0 Å². The third-order valence-electron chi connectivity index (χ3n) is 12.0. The summed E-state index contributed by atoms with van der Waals surface area (Å²) in [5, 5.41) is 0. The predicted molar refractivity (Wildman–Crippen MR) is 151 cm³/mol. The maximum atomic E-state index is 6.77. The van der Waals surface area contributed by atoms with E-state index in [9.17, 15) is 0 Å². The van der Waals surface area contributed by atoms with E-state index in [0.717, 1.165) is 54.9 Å². The number of fused-ring (bicyclic) bond motifs is 4. The van der Waals surface area contributed by atoms with Crippen LogP contribution in [0.1, 0.15) is 125 Å². The van der Waals surface area contributed by atoms with Crippen LogP contribution in [0.2, 0.25) is 0 Å². The van der Waals surface area contributed by atoms with Gasteiger partial charge in [0, 0.05) is 12.5 Å². The zero-order valence-corrected chi connectivity index (χ0v) is 24.9. The quantitative estimate of drug-likeness (QED) is 0.235. The van der Waals surface area contributed by atoms with Gasteiger partial charge in [-0.1, -0.05) is 65.0 Å². The fraction of sp³-hybridized carbons (Fsp3) is 0.939. The molecule has 5 aliphatic rings. The van der Waals surface area contributed by atoms with Gasteiger partial charge in [0.15, 0.2) is 6.29 Å².